The fourth-order valence-electron chi connectivity index (χ4n) is 2.75. The Bertz CT molecular complexity index is 686. The largest absolute Gasteiger partial charge is 0.495 e. The second kappa shape index (κ2) is 12.3. The molecule has 156 valence electrons. The minimum atomic E-state index is -0.447. The van der Waals surface area contributed by atoms with Crippen LogP contribution < -0.4 is 15.8 Å². The number of piperazine rings is 1. The maximum Gasteiger partial charge on any atom is 0.241 e. The van der Waals surface area contributed by atoms with Gasteiger partial charge in [0.25, 0.3) is 0 Å². The Balaban J connectivity index is 0.00000190. The molecule has 3 N–H and O–H groups in total. The Morgan fingerprint density at radius 1 is 1.25 bits per heavy atom. The lowest BCUT2D eigenvalue weighted by Crippen LogP contribution is -2.50. The number of hydrogen-bond acceptors (Lipinski definition) is 5. The first-order valence-corrected chi connectivity index (χ1v) is 9.82. The summed E-state index contributed by atoms with van der Waals surface area (Å²) in [7, 11) is 1.57. The smallest absolute Gasteiger partial charge is 0.241 e. The Morgan fingerprint density at radius 2 is 1.89 bits per heavy atom. The predicted octanol–water partition coefficient (Wildman–Crippen LogP) is 2.28. The van der Waals surface area contributed by atoms with Crippen LogP contribution in [0, 0.1) is 6.92 Å². The monoisotopic (exact) mass is 410 g/mol. The van der Waals surface area contributed by atoms with Gasteiger partial charge < -0.3 is 20.7 Å². The summed E-state index contributed by atoms with van der Waals surface area (Å²) < 4.78 is 5.31. The minimum Gasteiger partial charge on any atom is -0.495 e. The van der Waals surface area contributed by atoms with Gasteiger partial charge in [-0.05, 0) is 24.6 Å². The van der Waals surface area contributed by atoms with Crippen LogP contribution in [0.25, 0.3) is 0 Å². The molecular weight excluding hydrogens is 380 g/mol. The lowest BCUT2D eigenvalue weighted by molar-refractivity contribution is -0.130. The maximum absolute atomic E-state index is 12.4. The molecule has 7 nitrogen and oxygen atoms in total. The molecule has 28 heavy (non-hydrogen) atoms. The van der Waals surface area contributed by atoms with Crippen molar-refractivity contribution in [3.8, 4) is 5.75 Å². The van der Waals surface area contributed by atoms with E-state index in [4.69, 9.17) is 22.1 Å². The first-order chi connectivity index (χ1) is 13.4. The number of nitrogens with one attached hydrogen (secondary N) is 1. The summed E-state index contributed by atoms with van der Waals surface area (Å²) in [6.45, 7) is 9.59. The van der Waals surface area contributed by atoms with E-state index in [9.17, 15) is 9.59 Å². The molecule has 0 saturated carbocycles. The maximum atomic E-state index is 12.4. The van der Waals surface area contributed by atoms with Crippen LogP contribution in [-0.4, -0.2) is 68.0 Å². The standard InChI is InChI=1S/C18H25ClN4O3.C2H6/c1-13-10-15(16(26-2)11-14(13)19)21-12-18(25)23-8-6-22(7-9-23)5-3-4-17(20)24;1-2/h3-4,10-11,21H,5-9,12H2,1-2H3,(H2,20,24);1-2H3/b4-3+;. The third-order valence-corrected chi connectivity index (χ3v) is 4.69. The molecule has 2 rings (SSSR count). The van der Waals surface area contributed by atoms with Gasteiger partial charge in [-0.3, -0.25) is 14.5 Å². The van der Waals surface area contributed by atoms with E-state index in [0.29, 0.717) is 30.4 Å². The Hall–Kier alpha value is -2.25. The molecule has 0 bridgehead atoms. The molecule has 1 aliphatic heterocycles. The number of rotatable bonds is 7. The Morgan fingerprint density at radius 3 is 2.46 bits per heavy atom. The van der Waals surface area contributed by atoms with Crippen molar-refractivity contribution in [2.45, 2.75) is 20.8 Å². The summed E-state index contributed by atoms with van der Waals surface area (Å²) in [5.41, 5.74) is 6.73. The van der Waals surface area contributed by atoms with Crippen LogP contribution in [0.5, 0.6) is 5.75 Å². The van der Waals surface area contributed by atoms with Gasteiger partial charge in [0, 0.05) is 43.8 Å². The molecule has 1 aromatic rings. The van der Waals surface area contributed by atoms with E-state index < -0.39 is 5.91 Å². The van der Waals surface area contributed by atoms with Crippen molar-refractivity contribution in [2.24, 2.45) is 5.73 Å². The van der Waals surface area contributed by atoms with E-state index in [1.807, 2.05) is 31.7 Å². The topological polar surface area (TPSA) is 87.9 Å². The van der Waals surface area contributed by atoms with Crippen LogP contribution >= 0.6 is 11.6 Å². The van der Waals surface area contributed by atoms with Gasteiger partial charge in [-0.2, -0.15) is 0 Å². The number of primary amides is 1. The summed E-state index contributed by atoms with van der Waals surface area (Å²) in [6, 6.07) is 3.61. The summed E-state index contributed by atoms with van der Waals surface area (Å²) in [6.07, 6.45) is 3.11. The number of carbonyl (C=O) groups excluding carboxylic acids is 2. The number of benzene rings is 1. The molecule has 1 heterocycles. The Kier molecular flexibility index (Phi) is 10.4. The van der Waals surface area contributed by atoms with Crippen molar-refractivity contribution in [2.75, 3.05) is 51.7 Å². The molecule has 0 atom stereocenters. The van der Waals surface area contributed by atoms with Crippen molar-refractivity contribution in [1.82, 2.24) is 9.80 Å². The number of amides is 2. The van der Waals surface area contributed by atoms with Gasteiger partial charge in [-0.1, -0.05) is 31.5 Å². The number of aryl methyl sites for hydroxylation is 1. The van der Waals surface area contributed by atoms with Gasteiger partial charge in [0.05, 0.1) is 19.3 Å². The summed E-state index contributed by atoms with van der Waals surface area (Å²) >= 11 is 6.10. The number of methoxy groups -OCH3 is 1. The lowest BCUT2D eigenvalue weighted by Gasteiger charge is -2.34. The fourth-order valence-corrected chi connectivity index (χ4v) is 2.90. The number of nitrogens with zero attached hydrogens (tertiary/aromatic N) is 2. The second-order valence-electron chi connectivity index (χ2n) is 6.14. The summed E-state index contributed by atoms with van der Waals surface area (Å²) in [4.78, 5) is 27.1. The third kappa shape index (κ3) is 7.40. The zero-order chi connectivity index (χ0) is 21.1. The van der Waals surface area contributed by atoms with Gasteiger partial charge in [0.2, 0.25) is 11.8 Å². The normalized spacial score (nSPS) is 14.4. The van der Waals surface area contributed by atoms with Crippen molar-refractivity contribution >= 4 is 29.1 Å². The fraction of sp³-hybridized carbons (Fsp3) is 0.500. The highest BCUT2D eigenvalue weighted by atomic mass is 35.5. The molecule has 0 aromatic heterocycles. The lowest BCUT2D eigenvalue weighted by atomic mass is 10.2. The number of carbonyl (C=O) groups is 2. The van der Waals surface area contributed by atoms with Crippen molar-refractivity contribution in [3.63, 3.8) is 0 Å². The first-order valence-electron chi connectivity index (χ1n) is 9.45. The average Bonchev–Trinajstić information content (AvgIpc) is 2.70. The number of anilines is 1. The average molecular weight is 411 g/mol. The van der Waals surface area contributed by atoms with Crippen molar-refractivity contribution in [1.29, 1.82) is 0 Å². The van der Waals surface area contributed by atoms with Crippen LogP contribution in [0.1, 0.15) is 19.4 Å². The summed E-state index contributed by atoms with van der Waals surface area (Å²) in [5, 5.41) is 3.76. The molecule has 0 aliphatic carbocycles. The second-order valence-corrected chi connectivity index (χ2v) is 6.55. The van der Waals surface area contributed by atoms with E-state index in [2.05, 4.69) is 10.2 Å². The van der Waals surface area contributed by atoms with Crippen LogP contribution in [0.2, 0.25) is 5.02 Å². The molecule has 0 spiro atoms. The van der Waals surface area contributed by atoms with E-state index in [-0.39, 0.29) is 12.5 Å². The zero-order valence-corrected chi connectivity index (χ0v) is 17.9. The number of nitrogens with two attached hydrogens (primary N) is 1. The van der Waals surface area contributed by atoms with Crippen molar-refractivity contribution < 1.29 is 14.3 Å². The van der Waals surface area contributed by atoms with Gasteiger partial charge in [-0.15, -0.1) is 0 Å². The molecule has 1 fully saturated rings. The number of ether oxygens (including phenoxy) is 1. The molecule has 8 heteroatoms. The van der Waals surface area contributed by atoms with E-state index >= 15 is 0 Å². The van der Waals surface area contributed by atoms with Crippen LogP contribution in [0.15, 0.2) is 24.3 Å². The molecule has 0 radical (unpaired) electrons. The molecular formula is C20H31ClN4O3. The highest BCUT2D eigenvalue weighted by Crippen LogP contribution is 2.30. The molecule has 1 saturated heterocycles. The SMILES string of the molecule is CC.COc1cc(Cl)c(C)cc1NCC(=O)N1CCN(C/C=C/C(N)=O)CC1. The Labute approximate surface area is 172 Å². The zero-order valence-electron chi connectivity index (χ0n) is 17.1. The quantitative estimate of drug-likeness (QED) is 0.673. The third-order valence-electron chi connectivity index (χ3n) is 4.28. The van der Waals surface area contributed by atoms with Crippen LogP contribution in [0.4, 0.5) is 5.69 Å². The first kappa shape index (κ1) is 23.8. The molecule has 0 unspecified atom stereocenters. The van der Waals surface area contributed by atoms with Crippen LogP contribution in [0.3, 0.4) is 0 Å². The number of halogens is 1. The van der Waals surface area contributed by atoms with Gasteiger partial charge >= 0.3 is 0 Å². The highest BCUT2D eigenvalue weighted by Gasteiger charge is 2.20. The van der Waals surface area contributed by atoms with Gasteiger partial charge in [0.15, 0.2) is 0 Å². The highest BCUT2D eigenvalue weighted by molar-refractivity contribution is 6.31. The van der Waals surface area contributed by atoms with Crippen LogP contribution in [-0.2, 0) is 9.59 Å². The van der Waals surface area contributed by atoms with E-state index in [1.54, 1.807) is 19.3 Å². The molecule has 1 aliphatic rings. The number of hydrogen-bond donors (Lipinski definition) is 2. The van der Waals surface area contributed by atoms with E-state index in [1.165, 1.54) is 6.08 Å². The van der Waals surface area contributed by atoms with E-state index in [0.717, 1.165) is 24.3 Å². The molecule has 1 aromatic carbocycles. The predicted molar refractivity (Wildman–Crippen MR) is 114 cm³/mol. The molecule has 2 amide bonds. The van der Waals surface area contributed by atoms with Gasteiger partial charge in [-0.25, -0.2) is 0 Å². The van der Waals surface area contributed by atoms with Crippen molar-refractivity contribution in [3.05, 3.63) is 34.9 Å². The minimum absolute atomic E-state index is 0.0342. The van der Waals surface area contributed by atoms with Gasteiger partial charge in [0.1, 0.15) is 5.75 Å². The summed E-state index contributed by atoms with van der Waals surface area (Å²) in [5.74, 6) is 0.198.